The first-order valence-electron chi connectivity index (χ1n) is 6.84. The van der Waals surface area contributed by atoms with Gasteiger partial charge in [0.05, 0.1) is 6.54 Å². The average molecular weight is 346 g/mol. The van der Waals surface area contributed by atoms with Gasteiger partial charge in [0, 0.05) is 15.7 Å². The number of fused-ring (bicyclic) bond motifs is 1. The van der Waals surface area contributed by atoms with Gasteiger partial charge in [0.15, 0.2) is 6.61 Å². The quantitative estimate of drug-likeness (QED) is 0.781. The lowest BCUT2D eigenvalue weighted by atomic mass is 10.1. The van der Waals surface area contributed by atoms with Gasteiger partial charge < -0.3 is 9.64 Å². The number of hydrogen-bond donors (Lipinski definition) is 0. The van der Waals surface area contributed by atoms with Gasteiger partial charge in [0.25, 0.3) is 5.91 Å². The third kappa shape index (κ3) is 2.68. The Morgan fingerprint density at radius 2 is 2.00 bits per heavy atom. The SMILES string of the molecule is Cc1cccc(N2Cc3cc(Br)ccc3OCC2=O)c1C. The molecule has 1 aliphatic rings. The molecule has 0 N–H and O–H groups in total. The molecule has 1 aliphatic heterocycles. The molecule has 21 heavy (non-hydrogen) atoms. The minimum atomic E-state index is -0.0176. The smallest absolute Gasteiger partial charge is 0.265 e. The number of carbonyl (C=O) groups is 1. The lowest BCUT2D eigenvalue weighted by Crippen LogP contribution is -2.32. The molecule has 0 spiro atoms. The molecule has 0 unspecified atom stereocenters. The van der Waals surface area contributed by atoms with Crippen LogP contribution < -0.4 is 9.64 Å². The summed E-state index contributed by atoms with van der Waals surface area (Å²) in [6, 6.07) is 11.9. The van der Waals surface area contributed by atoms with E-state index in [9.17, 15) is 4.79 Å². The van der Waals surface area contributed by atoms with E-state index in [2.05, 4.69) is 28.9 Å². The fraction of sp³-hybridized carbons (Fsp3) is 0.235. The second-order valence-electron chi connectivity index (χ2n) is 5.24. The first-order valence-corrected chi connectivity index (χ1v) is 7.63. The molecule has 3 nitrogen and oxygen atoms in total. The summed E-state index contributed by atoms with van der Waals surface area (Å²) in [5.41, 5.74) is 4.27. The summed E-state index contributed by atoms with van der Waals surface area (Å²) in [6.07, 6.45) is 0. The van der Waals surface area contributed by atoms with Crippen LogP contribution >= 0.6 is 15.9 Å². The van der Waals surface area contributed by atoms with Crippen LogP contribution in [0, 0.1) is 13.8 Å². The lowest BCUT2D eigenvalue weighted by molar-refractivity contribution is -0.120. The summed E-state index contributed by atoms with van der Waals surface area (Å²) in [6.45, 7) is 4.70. The van der Waals surface area contributed by atoms with Crippen molar-refractivity contribution in [3.05, 3.63) is 57.6 Å². The predicted molar refractivity (Wildman–Crippen MR) is 86.7 cm³/mol. The van der Waals surface area contributed by atoms with E-state index in [0.29, 0.717) is 6.54 Å². The molecule has 0 radical (unpaired) electrons. The highest BCUT2D eigenvalue weighted by atomic mass is 79.9. The third-order valence-electron chi connectivity index (χ3n) is 3.87. The molecule has 0 saturated carbocycles. The van der Waals surface area contributed by atoms with E-state index < -0.39 is 0 Å². The molecule has 3 rings (SSSR count). The summed E-state index contributed by atoms with van der Waals surface area (Å²) in [7, 11) is 0. The molecule has 0 atom stereocenters. The van der Waals surface area contributed by atoms with Crippen LogP contribution in [0.25, 0.3) is 0 Å². The number of anilines is 1. The van der Waals surface area contributed by atoms with Crippen LogP contribution in [0.2, 0.25) is 0 Å². The Hall–Kier alpha value is -1.81. The second kappa shape index (κ2) is 5.53. The fourth-order valence-corrected chi connectivity index (χ4v) is 2.94. The molecule has 2 aromatic carbocycles. The number of hydrogen-bond acceptors (Lipinski definition) is 2. The van der Waals surface area contributed by atoms with Crippen molar-refractivity contribution in [1.82, 2.24) is 0 Å². The number of halogens is 1. The molecule has 0 bridgehead atoms. The van der Waals surface area contributed by atoms with Crippen LogP contribution in [0.4, 0.5) is 5.69 Å². The molecular weight excluding hydrogens is 330 g/mol. The Labute approximate surface area is 132 Å². The zero-order valence-corrected chi connectivity index (χ0v) is 13.6. The molecule has 0 aromatic heterocycles. The molecule has 2 aromatic rings. The zero-order chi connectivity index (χ0) is 15.0. The van der Waals surface area contributed by atoms with Crippen molar-refractivity contribution in [2.45, 2.75) is 20.4 Å². The largest absolute Gasteiger partial charge is 0.483 e. The standard InChI is InChI=1S/C17H16BrNO2/c1-11-4-3-5-15(12(11)2)19-9-13-8-14(18)6-7-16(13)21-10-17(19)20/h3-8H,9-10H2,1-2H3. The van der Waals surface area contributed by atoms with E-state index in [1.54, 1.807) is 4.90 Å². The first-order chi connectivity index (χ1) is 10.1. The van der Waals surface area contributed by atoms with Crippen molar-refractivity contribution in [3.63, 3.8) is 0 Å². The van der Waals surface area contributed by atoms with Gasteiger partial charge in [-0.2, -0.15) is 0 Å². The van der Waals surface area contributed by atoms with Crippen LogP contribution in [0.3, 0.4) is 0 Å². The minimum Gasteiger partial charge on any atom is -0.483 e. The van der Waals surface area contributed by atoms with E-state index in [1.165, 1.54) is 5.56 Å². The van der Waals surface area contributed by atoms with Gasteiger partial charge in [-0.3, -0.25) is 4.79 Å². The van der Waals surface area contributed by atoms with Crippen molar-refractivity contribution in [2.75, 3.05) is 11.5 Å². The van der Waals surface area contributed by atoms with Crippen molar-refractivity contribution >= 4 is 27.5 Å². The van der Waals surface area contributed by atoms with Gasteiger partial charge in [-0.1, -0.05) is 28.1 Å². The van der Waals surface area contributed by atoms with Crippen molar-refractivity contribution in [2.24, 2.45) is 0 Å². The van der Waals surface area contributed by atoms with Gasteiger partial charge in [0.1, 0.15) is 5.75 Å². The summed E-state index contributed by atoms with van der Waals surface area (Å²) in [5, 5.41) is 0. The highest BCUT2D eigenvalue weighted by molar-refractivity contribution is 9.10. The van der Waals surface area contributed by atoms with E-state index in [1.807, 2.05) is 37.3 Å². The molecule has 4 heteroatoms. The minimum absolute atomic E-state index is 0.0176. The van der Waals surface area contributed by atoms with Gasteiger partial charge >= 0.3 is 0 Å². The summed E-state index contributed by atoms with van der Waals surface area (Å²) in [5.74, 6) is 0.760. The summed E-state index contributed by atoms with van der Waals surface area (Å²) < 4.78 is 6.61. The Kier molecular flexibility index (Phi) is 3.72. The molecule has 1 amide bonds. The molecular formula is C17H16BrNO2. The average Bonchev–Trinajstić information content (AvgIpc) is 2.61. The number of amides is 1. The monoisotopic (exact) mass is 345 g/mol. The van der Waals surface area contributed by atoms with E-state index in [0.717, 1.165) is 27.0 Å². The number of rotatable bonds is 1. The highest BCUT2D eigenvalue weighted by Crippen LogP contribution is 2.31. The predicted octanol–water partition coefficient (Wildman–Crippen LogP) is 3.99. The number of nitrogens with zero attached hydrogens (tertiary/aromatic N) is 1. The second-order valence-corrected chi connectivity index (χ2v) is 6.16. The maximum Gasteiger partial charge on any atom is 0.265 e. The highest BCUT2D eigenvalue weighted by Gasteiger charge is 2.24. The normalized spacial score (nSPS) is 14.4. The first kappa shape index (κ1) is 14.1. The van der Waals surface area contributed by atoms with Gasteiger partial charge in [-0.25, -0.2) is 0 Å². The van der Waals surface area contributed by atoms with Crippen molar-refractivity contribution in [3.8, 4) is 5.75 Å². The van der Waals surface area contributed by atoms with E-state index in [-0.39, 0.29) is 12.5 Å². The van der Waals surface area contributed by atoms with Gasteiger partial charge in [-0.15, -0.1) is 0 Å². The summed E-state index contributed by atoms with van der Waals surface area (Å²) in [4.78, 5) is 14.2. The van der Waals surface area contributed by atoms with Gasteiger partial charge in [0.2, 0.25) is 0 Å². The summed E-state index contributed by atoms with van der Waals surface area (Å²) >= 11 is 3.47. The van der Waals surface area contributed by atoms with Crippen LogP contribution in [-0.4, -0.2) is 12.5 Å². The topological polar surface area (TPSA) is 29.5 Å². The van der Waals surface area contributed by atoms with Crippen LogP contribution in [0.1, 0.15) is 16.7 Å². The maximum absolute atomic E-state index is 12.4. The third-order valence-corrected chi connectivity index (χ3v) is 4.36. The van der Waals surface area contributed by atoms with E-state index >= 15 is 0 Å². The Morgan fingerprint density at radius 3 is 2.81 bits per heavy atom. The van der Waals surface area contributed by atoms with Crippen molar-refractivity contribution < 1.29 is 9.53 Å². The Balaban J connectivity index is 2.05. The van der Waals surface area contributed by atoms with Crippen molar-refractivity contribution in [1.29, 1.82) is 0 Å². The number of carbonyl (C=O) groups excluding carboxylic acids is 1. The van der Waals surface area contributed by atoms with Crippen LogP contribution in [0.5, 0.6) is 5.75 Å². The lowest BCUT2D eigenvalue weighted by Gasteiger charge is -2.23. The molecule has 0 saturated heterocycles. The molecule has 0 aliphatic carbocycles. The number of aryl methyl sites for hydroxylation is 1. The van der Waals surface area contributed by atoms with Gasteiger partial charge in [-0.05, 0) is 49.2 Å². The zero-order valence-electron chi connectivity index (χ0n) is 12.0. The van der Waals surface area contributed by atoms with E-state index in [4.69, 9.17) is 4.74 Å². The maximum atomic E-state index is 12.4. The molecule has 108 valence electrons. The van der Waals surface area contributed by atoms with Crippen LogP contribution in [0.15, 0.2) is 40.9 Å². The Morgan fingerprint density at radius 1 is 1.19 bits per heavy atom. The number of ether oxygens (including phenoxy) is 1. The number of benzene rings is 2. The fourth-order valence-electron chi connectivity index (χ4n) is 2.54. The molecule has 0 fully saturated rings. The Bertz CT molecular complexity index is 712. The van der Waals surface area contributed by atoms with Crippen LogP contribution in [-0.2, 0) is 11.3 Å². The molecule has 1 heterocycles.